The molecule has 0 aliphatic carbocycles. The predicted molar refractivity (Wildman–Crippen MR) is 125 cm³/mol. The molecule has 4 aromatic rings. The van der Waals surface area contributed by atoms with Gasteiger partial charge in [-0.25, -0.2) is 9.37 Å². The van der Waals surface area contributed by atoms with E-state index >= 15 is 0 Å². The zero-order valence-corrected chi connectivity index (χ0v) is 17.6. The van der Waals surface area contributed by atoms with Gasteiger partial charge in [-0.05, 0) is 42.0 Å². The Labute approximate surface area is 187 Å². The van der Waals surface area contributed by atoms with Crippen molar-refractivity contribution in [2.45, 2.75) is 0 Å². The van der Waals surface area contributed by atoms with Gasteiger partial charge in [0.15, 0.2) is 0 Å². The number of rotatable bonds is 6. The number of hydrazone groups is 1. The topological polar surface area (TPSA) is 66.4 Å². The van der Waals surface area contributed by atoms with Crippen LogP contribution in [0.3, 0.4) is 0 Å². The van der Waals surface area contributed by atoms with Crippen molar-refractivity contribution in [2.24, 2.45) is 5.10 Å². The minimum Gasteiger partial charge on any atom is -0.312 e. The molecule has 3 aromatic carbocycles. The van der Waals surface area contributed by atoms with Crippen LogP contribution in [0.2, 0.25) is 5.02 Å². The summed E-state index contributed by atoms with van der Waals surface area (Å²) in [5.41, 5.74) is 5.54. The number of benzene rings is 3. The molecule has 0 fully saturated rings. The normalized spacial score (nSPS) is 10.9. The Hall–Kier alpha value is -3.55. The van der Waals surface area contributed by atoms with Gasteiger partial charge in [-0.15, -0.1) is 0 Å². The number of hydrogen-bond acceptors (Lipinski definition) is 5. The van der Waals surface area contributed by atoms with Crippen molar-refractivity contribution in [3.63, 3.8) is 0 Å². The predicted octanol–water partition coefficient (Wildman–Crippen LogP) is 6.30. The van der Waals surface area contributed by atoms with Crippen LogP contribution < -0.4 is 10.7 Å². The molecule has 2 N–H and O–H groups in total. The number of anilines is 2. The summed E-state index contributed by atoms with van der Waals surface area (Å²) >= 11 is 7.24. The number of carbonyl (C=O) groups excluding carboxylic acids is 1. The number of halogens is 2. The van der Waals surface area contributed by atoms with E-state index in [9.17, 15) is 9.18 Å². The van der Waals surface area contributed by atoms with Crippen molar-refractivity contribution in [1.29, 1.82) is 0 Å². The van der Waals surface area contributed by atoms with Crippen molar-refractivity contribution >= 4 is 45.2 Å². The van der Waals surface area contributed by atoms with Crippen molar-refractivity contribution in [3.05, 3.63) is 101 Å². The first kappa shape index (κ1) is 20.7. The Kier molecular flexibility index (Phi) is 6.35. The molecule has 4 rings (SSSR count). The molecule has 0 aliphatic rings. The van der Waals surface area contributed by atoms with Crippen LogP contribution in [0.25, 0.3) is 11.3 Å². The van der Waals surface area contributed by atoms with Gasteiger partial charge in [-0.3, -0.25) is 10.2 Å². The molecule has 1 amide bonds. The Balaban J connectivity index is 1.58. The van der Waals surface area contributed by atoms with Gasteiger partial charge in [0.2, 0.25) is 5.13 Å². The van der Waals surface area contributed by atoms with E-state index in [4.69, 9.17) is 11.6 Å². The van der Waals surface area contributed by atoms with E-state index in [1.54, 1.807) is 18.3 Å². The zero-order chi connectivity index (χ0) is 21.6. The summed E-state index contributed by atoms with van der Waals surface area (Å²) in [5.74, 6) is -0.752. The summed E-state index contributed by atoms with van der Waals surface area (Å²) in [6, 6.07) is 22.2. The number of nitrogens with zero attached hydrogens (tertiary/aromatic N) is 2. The van der Waals surface area contributed by atoms with Crippen molar-refractivity contribution < 1.29 is 9.18 Å². The second-order valence-electron chi connectivity index (χ2n) is 6.45. The van der Waals surface area contributed by atoms with Gasteiger partial charge in [0.05, 0.1) is 6.21 Å². The number of nitrogens with one attached hydrogen (secondary N) is 2. The van der Waals surface area contributed by atoms with Gasteiger partial charge < -0.3 is 5.32 Å². The van der Waals surface area contributed by atoms with Crippen LogP contribution in [0.1, 0.15) is 15.9 Å². The summed E-state index contributed by atoms with van der Waals surface area (Å²) in [7, 11) is 0. The molecule has 0 radical (unpaired) electrons. The van der Waals surface area contributed by atoms with Gasteiger partial charge in [-0.1, -0.05) is 65.4 Å². The minimum absolute atomic E-state index is 0.349. The van der Waals surface area contributed by atoms with Crippen LogP contribution >= 0.6 is 22.9 Å². The molecule has 1 aromatic heterocycles. The lowest BCUT2D eigenvalue weighted by molar-refractivity contribution is 0.102. The van der Waals surface area contributed by atoms with Gasteiger partial charge in [0.25, 0.3) is 5.91 Å². The first-order chi connectivity index (χ1) is 15.1. The molecule has 0 spiro atoms. The van der Waals surface area contributed by atoms with Crippen LogP contribution in [0.5, 0.6) is 0 Å². The fraction of sp³-hybridized carbons (Fsp3) is 0. The lowest BCUT2D eigenvalue weighted by atomic mass is 10.1. The van der Waals surface area contributed by atoms with Crippen LogP contribution in [-0.2, 0) is 0 Å². The van der Waals surface area contributed by atoms with E-state index in [0.717, 1.165) is 11.1 Å². The maximum atomic E-state index is 13.2. The van der Waals surface area contributed by atoms with Gasteiger partial charge in [0.1, 0.15) is 16.5 Å². The first-order valence-corrected chi connectivity index (χ1v) is 10.5. The maximum absolute atomic E-state index is 13.2. The number of hydrogen-bond donors (Lipinski definition) is 2. The number of thiazole rings is 1. The number of amides is 1. The fourth-order valence-corrected chi connectivity index (χ4v) is 3.80. The fourth-order valence-electron chi connectivity index (χ4n) is 2.77. The van der Waals surface area contributed by atoms with E-state index in [1.807, 2.05) is 42.5 Å². The molecule has 0 bridgehead atoms. The Bertz CT molecular complexity index is 1230. The molecule has 0 saturated carbocycles. The molecule has 5 nitrogen and oxygen atoms in total. The average molecular weight is 451 g/mol. The second kappa shape index (κ2) is 9.51. The van der Waals surface area contributed by atoms with Gasteiger partial charge in [0, 0.05) is 16.1 Å². The molecule has 31 heavy (non-hydrogen) atoms. The van der Waals surface area contributed by atoms with Gasteiger partial charge in [-0.2, -0.15) is 5.10 Å². The quantitative estimate of drug-likeness (QED) is 0.267. The summed E-state index contributed by atoms with van der Waals surface area (Å²) in [4.78, 5) is 17.2. The molecule has 0 saturated heterocycles. The highest BCUT2D eigenvalue weighted by molar-refractivity contribution is 7.20. The molecule has 0 atom stereocenters. The summed E-state index contributed by atoms with van der Waals surface area (Å²) in [6.45, 7) is 0. The van der Waals surface area contributed by atoms with E-state index in [2.05, 4.69) is 20.8 Å². The molecular formula is C23H16ClFN4OS. The number of carbonyl (C=O) groups is 1. The van der Waals surface area contributed by atoms with E-state index in [-0.39, 0.29) is 5.91 Å². The van der Waals surface area contributed by atoms with Crippen LogP contribution in [0, 0.1) is 5.82 Å². The first-order valence-electron chi connectivity index (χ1n) is 9.26. The molecule has 8 heteroatoms. The number of aromatic nitrogens is 1. The molecule has 0 aliphatic heterocycles. The highest BCUT2D eigenvalue weighted by Gasteiger charge is 2.16. The highest BCUT2D eigenvalue weighted by atomic mass is 35.5. The maximum Gasteiger partial charge on any atom is 0.256 e. The van der Waals surface area contributed by atoms with Crippen molar-refractivity contribution in [3.8, 4) is 11.3 Å². The largest absolute Gasteiger partial charge is 0.312 e. The third-order valence-electron chi connectivity index (χ3n) is 4.23. The SMILES string of the molecule is O=C(Nc1sc(NN=Cc2cccc(Cl)c2)nc1-c1ccccc1)c1ccc(F)cc1. The van der Waals surface area contributed by atoms with Gasteiger partial charge >= 0.3 is 0 Å². The van der Waals surface area contributed by atoms with Crippen LogP contribution in [0.15, 0.2) is 84.0 Å². The second-order valence-corrected chi connectivity index (χ2v) is 7.88. The van der Waals surface area contributed by atoms with E-state index in [1.165, 1.54) is 35.6 Å². The molecule has 154 valence electrons. The summed E-state index contributed by atoms with van der Waals surface area (Å²) in [6.07, 6.45) is 1.63. The Morgan fingerprint density at radius 2 is 1.81 bits per heavy atom. The van der Waals surface area contributed by atoms with Crippen molar-refractivity contribution in [1.82, 2.24) is 4.98 Å². The standard InChI is InChI=1S/C23H16ClFN4OS/c24-18-8-4-5-15(13-18)14-26-29-23-27-20(16-6-2-1-3-7-16)22(31-23)28-21(30)17-9-11-19(25)12-10-17/h1-14H,(H,27,29)(H,28,30). The highest BCUT2D eigenvalue weighted by Crippen LogP contribution is 2.36. The molecule has 0 unspecified atom stereocenters. The average Bonchev–Trinajstić information content (AvgIpc) is 3.17. The lowest BCUT2D eigenvalue weighted by Crippen LogP contribution is -2.11. The molecular weight excluding hydrogens is 435 g/mol. The Morgan fingerprint density at radius 3 is 2.55 bits per heavy atom. The van der Waals surface area contributed by atoms with Crippen molar-refractivity contribution in [2.75, 3.05) is 10.7 Å². The molecule has 1 heterocycles. The summed E-state index contributed by atoms with van der Waals surface area (Å²) in [5, 5.41) is 8.76. The third kappa shape index (κ3) is 5.33. The zero-order valence-electron chi connectivity index (χ0n) is 16.0. The smallest absolute Gasteiger partial charge is 0.256 e. The Morgan fingerprint density at radius 1 is 1.03 bits per heavy atom. The monoisotopic (exact) mass is 450 g/mol. The lowest BCUT2D eigenvalue weighted by Gasteiger charge is -2.05. The summed E-state index contributed by atoms with van der Waals surface area (Å²) < 4.78 is 13.2. The third-order valence-corrected chi connectivity index (χ3v) is 5.34. The van der Waals surface area contributed by atoms with Crippen LogP contribution in [0.4, 0.5) is 14.5 Å². The van der Waals surface area contributed by atoms with Crippen LogP contribution in [-0.4, -0.2) is 17.1 Å². The van der Waals surface area contributed by atoms with E-state index in [0.29, 0.717) is 26.4 Å². The minimum atomic E-state index is -0.400. The van der Waals surface area contributed by atoms with E-state index < -0.39 is 5.82 Å².